The zero-order chi connectivity index (χ0) is 20.6. The van der Waals surface area contributed by atoms with Crippen LogP contribution in [0.4, 0.5) is 15.4 Å². The SMILES string of the molecule is CC1(C)Cc2c(-c3cc(N(OC(=O)O)OC(=O)O)ncc3Cl)cc(C#N)n2C1. The van der Waals surface area contributed by atoms with Gasteiger partial charge in [0.1, 0.15) is 11.8 Å². The molecule has 0 aromatic carbocycles. The summed E-state index contributed by atoms with van der Waals surface area (Å²) in [5.74, 6) is -0.250. The summed E-state index contributed by atoms with van der Waals surface area (Å²) in [6.07, 6.45) is -1.68. The van der Waals surface area contributed by atoms with Crippen LogP contribution >= 0.6 is 11.6 Å². The highest BCUT2D eigenvalue weighted by Gasteiger charge is 2.33. The molecule has 0 fully saturated rings. The molecule has 1 aliphatic heterocycles. The molecule has 0 amide bonds. The van der Waals surface area contributed by atoms with Gasteiger partial charge >= 0.3 is 12.3 Å². The fraction of sp³-hybridized carbons (Fsp3) is 0.294. The van der Waals surface area contributed by atoms with Gasteiger partial charge in [0, 0.05) is 29.6 Å². The Morgan fingerprint density at radius 1 is 1.29 bits per heavy atom. The van der Waals surface area contributed by atoms with Gasteiger partial charge < -0.3 is 14.8 Å². The van der Waals surface area contributed by atoms with Crippen molar-refractivity contribution < 1.29 is 29.5 Å². The molecule has 0 saturated heterocycles. The largest absolute Gasteiger partial charge is 0.533 e. The number of carboxylic acid groups (broad SMARTS) is 2. The number of aromatic nitrogens is 2. The van der Waals surface area contributed by atoms with Crippen molar-refractivity contribution in [3.8, 4) is 17.2 Å². The molecule has 0 saturated carbocycles. The molecule has 3 rings (SSSR count). The third-order valence-electron chi connectivity index (χ3n) is 4.20. The topological polar surface area (TPSA) is 138 Å². The molecule has 0 radical (unpaired) electrons. The van der Waals surface area contributed by atoms with E-state index in [1.807, 2.05) is 4.57 Å². The van der Waals surface area contributed by atoms with Crippen molar-refractivity contribution >= 4 is 29.7 Å². The number of carbonyl (C=O) groups is 2. The standard InChI is InChI=1S/C17H15ClN4O6/c1-17(2)5-13-11(3-9(6-19)21(13)8-17)10-4-14(20-7-12(10)18)22(27-15(23)24)28-16(25)26/h3-4,7H,5,8H2,1-2H3,(H,23,24)(H,25,26). The average Bonchev–Trinajstić information content (AvgIpc) is 3.06. The summed E-state index contributed by atoms with van der Waals surface area (Å²) in [6, 6.07) is 5.16. The average molecular weight is 407 g/mol. The number of anilines is 1. The van der Waals surface area contributed by atoms with Gasteiger partial charge in [0.15, 0.2) is 0 Å². The molecule has 2 aromatic rings. The first-order chi connectivity index (χ1) is 13.1. The number of hydrogen-bond donors (Lipinski definition) is 2. The first-order valence-electron chi connectivity index (χ1n) is 8.01. The Balaban J connectivity index is 2.10. The second kappa shape index (κ2) is 6.94. The number of nitrogens with zero attached hydrogens (tertiary/aromatic N) is 4. The second-order valence-corrected chi connectivity index (χ2v) is 7.33. The highest BCUT2D eigenvalue weighted by Crippen LogP contribution is 2.42. The normalized spacial score (nSPS) is 14.1. The van der Waals surface area contributed by atoms with Gasteiger partial charge in [0.05, 0.1) is 5.02 Å². The minimum absolute atomic E-state index is 0.0514. The van der Waals surface area contributed by atoms with Crippen molar-refractivity contribution in [3.63, 3.8) is 0 Å². The Morgan fingerprint density at radius 3 is 2.50 bits per heavy atom. The number of halogens is 1. The summed E-state index contributed by atoms with van der Waals surface area (Å²) in [5, 5.41) is 27.4. The van der Waals surface area contributed by atoms with Gasteiger partial charge in [-0.2, -0.15) is 5.26 Å². The van der Waals surface area contributed by atoms with E-state index in [4.69, 9.17) is 21.8 Å². The van der Waals surface area contributed by atoms with Crippen LogP contribution in [-0.4, -0.2) is 32.1 Å². The van der Waals surface area contributed by atoms with E-state index in [2.05, 4.69) is 34.6 Å². The predicted molar refractivity (Wildman–Crippen MR) is 95.6 cm³/mol. The Bertz CT molecular complexity index is 994. The molecular weight excluding hydrogens is 392 g/mol. The van der Waals surface area contributed by atoms with Gasteiger partial charge in [-0.25, -0.2) is 14.6 Å². The lowest BCUT2D eigenvalue weighted by Crippen LogP contribution is -2.29. The maximum Gasteiger partial charge on any atom is 0.533 e. The van der Waals surface area contributed by atoms with Crippen LogP contribution in [0.1, 0.15) is 25.2 Å². The molecule has 28 heavy (non-hydrogen) atoms. The van der Waals surface area contributed by atoms with Crippen molar-refractivity contribution in [1.29, 1.82) is 5.26 Å². The smallest absolute Gasteiger partial charge is 0.448 e. The van der Waals surface area contributed by atoms with E-state index in [9.17, 15) is 14.9 Å². The molecular formula is C17H15ClN4O6. The minimum Gasteiger partial charge on any atom is -0.448 e. The molecule has 0 bridgehead atoms. The van der Waals surface area contributed by atoms with Crippen LogP contribution in [0.2, 0.25) is 5.02 Å². The van der Waals surface area contributed by atoms with Gasteiger partial charge in [0.2, 0.25) is 5.82 Å². The zero-order valence-corrected chi connectivity index (χ0v) is 15.6. The van der Waals surface area contributed by atoms with E-state index in [0.29, 0.717) is 29.8 Å². The summed E-state index contributed by atoms with van der Waals surface area (Å²) in [4.78, 5) is 34.1. The van der Waals surface area contributed by atoms with Crippen molar-refractivity contribution in [1.82, 2.24) is 9.55 Å². The highest BCUT2D eigenvalue weighted by atomic mass is 35.5. The number of pyridine rings is 1. The third-order valence-corrected chi connectivity index (χ3v) is 4.50. The van der Waals surface area contributed by atoms with Gasteiger partial charge in [0.25, 0.3) is 0 Å². The Morgan fingerprint density at radius 2 is 1.93 bits per heavy atom. The summed E-state index contributed by atoms with van der Waals surface area (Å²) < 4.78 is 1.91. The van der Waals surface area contributed by atoms with Crippen molar-refractivity contribution in [2.75, 3.05) is 5.23 Å². The Labute approximate surface area is 164 Å². The van der Waals surface area contributed by atoms with Gasteiger partial charge in [-0.05, 0) is 29.2 Å². The maximum atomic E-state index is 10.8. The number of nitriles is 1. The molecule has 3 heterocycles. The fourth-order valence-corrected chi connectivity index (χ4v) is 3.42. The minimum atomic E-state index is -1.79. The highest BCUT2D eigenvalue weighted by molar-refractivity contribution is 6.33. The van der Waals surface area contributed by atoms with Gasteiger partial charge in [-0.3, -0.25) is 9.68 Å². The molecule has 146 valence electrons. The maximum absolute atomic E-state index is 10.8. The Hall–Kier alpha value is -3.45. The predicted octanol–water partition coefficient (Wildman–Crippen LogP) is 3.68. The quantitative estimate of drug-likeness (QED) is 0.727. The molecule has 10 nitrogen and oxygen atoms in total. The van der Waals surface area contributed by atoms with Crippen molar-refractivity contribution in [2.24, 2.45) is 5.41 Å². The Kier molecular flexibility index (Phi) is 4.79. The fourth-order valence-electron chi connectivity index (χ4n) is 3.21. The molecule has 1 aliphatic rings. The van der Waals surface area contributed by atoms with Crippen LogP contribution in [0.25, 0.3) is 11.1 Å². The van der Waals surface area contributed by atoms with Crippen LogP contribution < -0.4 is 5.23 Å². The lowest BCUT2D eigenvalue weighted by molar-refractivity contribution is -0.0466. The van der Waals surface area contributed by atoms with Crippen LogP contribution in [0.15, 0.2) is 18.3 Å². The van der Waals surface area contributed by atoms with E-state index >= 15 is 0 Å². The molecule has 2 N–H and O–H groups in total. The summed E-state index contributed by atoms with van der Waals surface area (Å²) in [5.41, 5.74) is 2.41. The van der Waals surface area contributed by atoms with E-state index < -0.39 is 12.3 Å². The van der Waals surface area contributed by atoms with Gasteiger partial charge in [-0.1, -0.05) is 25.4 Å². The lowest BCUT2D eigenvalue weighted by Gasteiger charge is -2.18. The van der Waals surface area contributed by atoms with Crippen molar-refractivity contribution in [3.05, 3.63) is 34.7 Å². The van der Waals surface area contributed by atoms with E-state index in [1.165, 1.54) is 12.3 Å². The van der Waals surface area contributed by atoms with E-state index in [-0.39, 0.29) is 21.5 Å². The molecule has 0 atom stereocenters. The first-order valence-corrected chi connectivity index (χ1v) is 8.39. The van der Waals surface area contributed by atoms with Crippen LogP contribution in [-0.2, 0) is 22.6 Å². The molecule has 2 aromatic heterocycles. The third kappa shape index (κ3) is 3.65. The second-order valence-electron chi connectivity index (χ2n) is 6.92. The molecule has 0 aliphatic carbocycles. The van der Waals surface area contributed by atoms with Gasteiger partial charge in [-0.15, -0.1) is 0 Å². The zero-order valence-electron chi connectivity index (χ0n) is 14.8. The van der Waals surface area contributed by atoms with Crippen LogP contribution in [0, 0.1) is 16.7 Å². The van der Waals surface area contributed by atoms with Crippen LogP contribution in [0.3, 0.4) is 0 Å². The molecule has 0 spiro atoms. The number of fused-ring (bicyclic) bond motifs is 1. The first kappa shape index (κ1) is 19.3. The summed E-state index contributed by atoms with van der Waals surface area (Å²) in [6.45, 7) is 4.82. The van der Waals surface area contributed by atoms with E-state index in [0.717, 1.165) is 5.69 Å². The summed E-state index contributed by atoms with van der Waals surface area (Å²) in [7, 11) is 0. The monoisotopic (exact) mass is 406 g/mol. The molecule has 0 unspecified atom stereocenters. The lowest BCUT2D eigenvalue weighted by atomic mass is 9.89. The van der Waals surface area contributed by atoms with E-state index in [1.54, 1.807) is 6.07 Å². The number of rotatable bonds is 4. The molecule has 11 heteroatoms. The number of hydrogen-bond acceptors (Lipinski definition) is 7. The van der Waals surface area contributed by atoms with Crippen molar-refractivity contribution in [2.45, 2.75) is 26.8 Å². The summed E-state index contributed by atoms with van der Waals surface area (Å²) >= 11 is 6.28. The van der Waals surface area contributed by atoms with Crippen LogP contribution in [0.5, 0.6) is 0 Å².